The molecule has 0 aliphatic heterocycles. The molecule has 0 spiro atoms. The van der Waals surface area contributed by atoms with Crippen molar-refractivity contribution in [2.45, 2.75) is 95.5 Å². The minimum absolute atomic E-state index is 0.134. The number of fused-ring (bicyclic) bond motifs is 1. The molecule has 0 bridgehead atoms. The van der Waals surface area contributed by atoms with Crippen LogP contribution >= 0.6 is 11.8 Å². The van der Waals surface area contributed by atoms with Crippen molar-refractivity contribution in [2.75, 3.05) is 24.3 Å². The van der Waals surface area contributed by atoms with Gasteiger partial charge in [0.25, 0.3) is 0 Å². The molecule has 2 saturated carbocycles. The molecule has 204 valence electrons. The number of rotatable bonds is 11. The van der Waals surface area contributed by atoms with Crippen molar-refractivity contribution in [1.82, 2.24) is 25.0 Å². The first-order valence-electron chi connectivity index (χ1n) is 13.6. The van der Waals surface area contributed by atoms with Gasteiger partial charge in [0.1, 0.15) is 6.61 Å². The van der Waals surface area contributed by atoms with Gasteiger partial charge in [-0.15, -0.1) is 5.10 Å². The van der Waals surface area contributed by atoms with E-state index in [9.17, 15) is 4.79 Å². The van der Waals surface area contributed by atoms with Crippen LogP contribution in [0.5, 0.6) is 0 Å². The lowest BCUT2D eigenvalue weighted by molar-refractivity contribution is -0.144. The second kappa shape index (κ2) is 11.2. The fraction of sp³-hybridized carbons (Fsp3) is 0.607. The highest BCUT2D eigenvalue weighted by atomic mass is 32.2. The topological polar surface area (TPSA) is 104 Å². The SMILES string of the molecule is CCCSc1nc(N[C@@H]2CC2c2ccc(C)c(C)c2)c2nnn([C@H]3CC[C@@](C)(OCCOC(C)=O)C3)c2n1. The molecule has 2 fully saturated rings. The number of esters is 1. The lowest BCUT2D eigenvalue weighted by Crippen LogP contribution is -2.27. The van der Waals surface area contributed by atoms with E-state index in [1.807, 2.05) is 4.68 Å². The Balaban J connectivity index is 1.34. The van der Waals surface area contributed by atoms with Gasteiger partial charge in [0.2, 0.25) is 0 Å². The summed E-state index contributed by atoms with van der Waals surface area (Å²) in [5.74, 6) is 1.92. The van der Waals surface area contributed by atoms with Crippen molar-refractivity contribution in [1.29, 1.82) is 0 Å². The van der Waals surface area contributed by atoms with Gasteiger partial charge in [-0.05, 0) is 69.6 Å². The Bertz CT molecular complexity index is 1310. The average molecular weight is 539 g/mol. The van der Waals surface area contributed by atoms with Gasteiger partial charge in [0.15, 0.2) is 22.1 Å². The van der Waals surface area contributed by atoms with Crippen LogP contribution in [-0.2, 0) is 14.3 Å². The number of aromatic nitrogens is 5. The van der Waals surface area contributed by atoms with Crippen molar-refractivity contribution < 1.29 is 14.3 Å². The van der Waals surface area contributed by atoms with Crippen molar-refractivity contribution in [3.63, 3.8) is 0 Å². The van der Waals surface area contributed by atoms with Gasteiger partial charge in [0.05, 0.1) is 18.2 Å². The lowest BCUT2D eigenvalue weighted by atomic mass is 10.0. The van der Waals surface area contributed by atoms with E-state index in [0.717, 1.165) is 60.0 Å². The normalized spacial score (nSPS) is 24.6. The van der Waals surface area contributed by atoms with E-state index >= 15 is 0 Å². The molecule has 1 N–H and O–H groups in total. The Morgan fingerprint density at radius 3 is 2.84 bits per heavy atom. The number of hydrogen-bond donors (Lipinski definition) is 1. The zero-order chi connectivity index (χ0) is 26.9. The Labute approximate surface area is 228 Å². The summed E-state index contributed by atoms with van der Waals surface area (Å²) in [6.07, 6.45) is 4.74. The standard InChI is InChI=1S/C28H38N6O3S/c1-6-13-38-27-30-25(29-23-15-22(23)20-8-7-17(2)18(3)14-20)24-26(31-27)34(33-32-24)21-9-10-28(5,16-21)37-12-11-36-19(4)35/h7-8,14,21-23H,6,9-13,15-16H2,1-5H3,(H,29,30,31)/t21-,22?,23+,28+/m0/s1. The van der Waals surface area contributed by atoms with Gasteiger partial charge >= 0.3 is 5.97 Å². The third kappa shape index (κ3) is 5.96. The molecule has 10 heteroatoms. The molecule has 2 aliphatic rings. The second-order valence-corrected chi connectivity index (χ2v) is 11.9. The number of carbonyl (C=O) groups is 1. The van der Waals surface area contributed by atoms with E-state index in [0.29, 0.717) is 18.6 Å². The number of benzene rings is 1. The van der Waals surface area contributed by atoms with Crippen LogP contribution in [-0.4, -0.2) is 61.5 Å². The van der Waals surface area contributed by atoms with Gasteiger partial charge < -0.3 is 14.8 Å². The predicted octanol–water partition coefficient (Wildman–Crippen LogP) is 5.37. The van der Waals surface area contributed by atoms with Crippen molar-refractivity contribution >= 4 is 34.7 Å². The Kier molecular flexibility index (Phi) is 7.90. The second-order valence-electron chi connectivity index (χ2n) is 10.9. The molecule has 4 atom stereocenters. The summed E-state index contributed by atoms with van der Waals surface area (Å²) in [6.45, 7) is 10.7. The number of nitrogens with zero attached hydrogens (tertiary/aromatic N) is 5. The molecule has 3 aromatic rings. The molecule has 1 unspecified atom stereocenters. The van der Waals surface area contributed by atoms with Crippen LogP contribution in [0, 0.1) is 13.8 Å². The fourth-order valence-corrected chi connectivity index (χ4v) is 5.99. The molecule has 38 heavy (non-hydrogen) atoms. The molecular formula is C28H38N6O3S. The van der Waals surface area contributed by atoms with E-state index in [-0.39, 0.29) is 24.2 Å². The lowest BCUT2D eigenvalue weighted by Gasteiger charge is -2.24. The van der Waals surface area contributed by atoms with Crippen molar-refractivity contribution in [2.24, 2.45) is 0 Å². The van der Waals surface area contributed by atoms with Crippen LogP contribution < -0.4 is 5.32 Å². The minimum atomic E-state index is -0.301. The predicted molar refractivity (Wildman–Crippen MR) is 149 cm³/mol. The first-order chi connectivity index (χ1) is 18.3. The van der Waals surface area contributed by atoms with Gasteiger partial charge in [-0.3, -0.25) is 4.79 Å². The summed E-state index contributed by atoms with van der Waals surface area (Å²) in [7, 11) is 0. The van der Waals surface area contributed by atoms with Crippen LogP contribution in [0.2, 0.25) is 0 Å². The number of aryl methyl sites for hydroxylation is 2. The highest BCUT2D eigenvalue weighted by Crippen LogP contribution is 2.44. The largest absolute Gasteiger partial charge is 0.463 e. The molecule has 1 aromatic carbocycles. The molecule has 2 heterocycles. The Morgan fingerprint density at radius 2 is 2.08 bits per heavy atom. The van der Waals surface area contributed by atoms with Gasteiger partial charge in [-0.1, -0.05) is 42.1 Å². The Morgan fingerprint density at radius 1 is 1.24 bits per heavy atom. The molecule has 5 rings (SSSR count). The number of thioether (sulfide) groups is 1. The number of anilines is 1. The van der Waals surface area contributed by atoms with Gasteiger partial charge in [0, 0.05) is 24.6 Å². The van der Waals surface area contributed by atoms with Crippen LogP contribution in [0.3, 0.4) is 0 Å². The molecular weight excluding hydrogens is 500 g/mol. The van der Waals surface area contributed by atoms with Crippen LogP contribution in [0.4, 0.5) is 5.82 Å². The Hall–Kier alpha value is -2.72. The zero-order valence-electron chi connectivity index (χ0n) is 23.0. The molecule has 0 amide bonds. The maximum atomic E-state index is 11.0. The van der Waals surface area contributed by atoms with Gasteiger partial charge in [-0.2, -0.15) is 0 Å². The van der Waals surface area contributed by atoms with E-state index in [1.165, 1.54) is 23.6 Å². The highest BCUT2D eigenvalue weighted by Gasteiger charge is 2.41. The zero-order valence-corrected chi connectivity index (χ0v) is 23.8. The maximum Gasteiger partial charge on any atom is 0.302 e. The molecule has 0 radical (unpaired) electrons. The van der Waals surface area contributed by atoms with E-state index in [1.54, 1.807) is 11.8 Å². The number of carbonyl (C=O) groups excluding carboxylic acids is 1. The molecule has 2 aliphatic carbocycles. The summed E-state index contributed by atoms with van der Waals surface area (Å²) >= 11 is 1.67. The minimum Gasteiger partial charge on any atom is -0.463 e. The summed E-state index contributed by atoms with van der Waals surface area (Å²) in [5.41, 5.74) is 5.23. The summed E-state index contributed by atoms with van der Waals surface area (Å²) in [6, 6.07) is 7.22. The number of nitrogens with one attached hydrogen (secondary N) is 1. The summed E-state index contributed by atoms with van der Waals surface area (Å²) < 4.78 is 13.1. The third-order valence-electron chi connectivity index (χ3n) is 7.67. The van der Waals surface area contributed by atoms with E-state index in [4.69, 9.17) is 19.4 Å². The monoisotopic (exact) mass is 538 g/mol. The fourth-order valence-electron chi connectivity index (χ4n) is 5.30. The summed E-state index contributed by atoms with van der Waals surface area (Å²) in [4.78, 5) is 20.8. The molecule has 0 saturated heterocycles. The third-order valence-corrected chi connectivity index (χ3v) is 8.72. The van der Waals surface area contributed by atoms with E-state index < -0.39 is 0 Å². The first kappa shape index (κ1) is 26.9. The number of hydrogen-bond acceptors (Lipinski definition) is 9. The highest BCUT2D eigenvalue weighted by molar-refractivity contribution is 7.99. The smallest absolute Gasteiger partial charge is 0.302 e. The average Bonchev–Trinajstić information content (AvgIpc) is 3.33. The summed E-state index contributed by atoms with van der Waals surface area (Å²) in [5, 5.41) is 13.5. The number of ether oxygens (including phenoxy) is 2. The van der Waals surface area contributed by atoms with Crippen LogP contribution in [0.1, 0.15) is 81.5 Å². The maximum absolute atomic E-state index is 11.0. The molecule has 2 aromatic heterocycles. The quantitative estimate of drug-likeness (QED) is 0.149. The van der Waals surface area contributed by atoms with Crippen LogP contribution in [0.15, 0.2) is 23.4 Å². The van der Waals surface area contributed by atoms with Gasteiger partial charge in [-0.25, -0.2) is 14.6 Å². The first-order valence-corrected chi connectivity index (χ1v) is 14.6. The van der Waals surface area contributed by atoms with Crippen molar-refractivity contribution in [3.8, 4) is 0 Å². The van der Waals surface area contributed by atoms with Crippen molar-refractivity contribution in [3.05, 3.63) is 34.9 Å². The van der Waals surface area contributed by atoms with E-state index in [2.05, 4.69) is 61.5 Å². The molecule has 9 nitrogen and oxygen atoms in total. The van der Waals surface area contributed by atoms with Crippen LogP contribution in [0.25, 0.3) is 11.2 Å².